The lowest BCUT2D eigenvalue weighted by atomic mass is 10.1. The molecule has 0 aromatic heterocycles. The van der Waals surface area contributed by atoms with E-state index >= 15 is 0 Å². The fourth-order valence-electron chi connectivity index (χ4n) is 2.36. The van der Waals surface area contributed by atoms with Gasteiger partial charge in [0.15, 0.2) is 0 Å². The number of rotatable bonds is 16. The smallest absolute Gasteiger partial charge is 0.336 e. The van der Waals surface area contributed by atoms with E-state index in [0.29, 0.717) is 12.4 Å². The number of hydrogen-bond acceptors (Lipinski definition) is 9. The molecule has 0 rings (SSSR count). The molecule has 0 aliphatic heterocycles. The monoisotopic (exact) mass is 496 g/mol. The molecule has 0 aromatic carbocycles. The zero-order valence-corrected chi connectivity index (χ0v) is 19.8. The minimum Gasteiger partial charge on any atom is -0.390 e. The average Bonchev–Trinajstić information content (AvgIpc) is 2.82. The predicted octanol–water partition coefficient (Wildman–Crippen LogP) is -1.60. The molecule has 15 nitrogen and oxygen atoms in total. The van der Waals surface area contributed by atoms with Crippen LogP contribution in [0.5, 0.6) is 0 Å². The molecule has 0 aromatic rings. The van der Waals surface area contributed by atoms with Gasteiger partial charge in [0.1, 0.15) is 24.3 Å². The van der Waals surface area contributed by atoms with Crippen molar-refractivity contribution in [2.24, 2.45) is 0 Å². The maximum Gasteiger partial charge on any atom is 0.336 e. The second kappa shape index (κ2) is 16.7. The molecule has 2 N–H and O–H groups in total. The maximum absolute atomic E-state index is 12.6. The Balaban J connectivity index is 5.60. The Morgan fingerprint density at radius 1 is 0.743 bits per heavy atom. The van der Waals surface area contributed by atoms with Gasteiger partial charge in [0.25, 0.3) is 0 Å². The van der Waals surface area contributed by atoms with E-state index in [2.05, 4.69) is 20.2 Å². The van der Waals surface area contributed by atoms with E-state index in [0.717, 1.165) is 0 Å². The predicted molar refractivity (Wildman–Crippen MR) is 116 cm³/mol. The van der Waals surface area contributed by atoms with Crippen molar-refractivity contribution in [3.8, 4) is 0 Å². The number of esters is 2. The number of nitrogens with one attached hydrogen (secondary N) is 2. The van der Waals surface area contributed by atoms with Crippen LogP contribution in [0, 0.1) is 0 Å². The third-order valence-corrected chi connectivity index (χ3v) is 4.61. The van der Waals surface area contributed by atoms with Crippen LogP contribution in [0.3, 0.4) is 0 Å². The van der Waals surface area contributed by atoms with Crippen LogP contribution in [0.25, 0.3) is 11.1 Å². The molecule has 0 saturated heterocycles. The van der Waals surface area contributed by atoms with E-state index in [4.69, 9.17) is 25.3 Å². The molecule has 0 bridgehead atoms. The van der Waals surface area contributed by atoms with Gasteiger partial charge >= 0.3 is 24.4 Å². The minimum absolute atomic E-state index is 0.317. The van der Waals surface area contributed by atoms with Crippen LogP contribution in [0.15, 0.2) is 0 Å². The van der Waals surface area contributed by atoms with Crippen LogP contribution in [-0.2, 0) is 43.0 Å². The molecule has 4 atom stereocenters. The molecule has 15 heteroatoms. The van der Waals surface area contributed by atoms with E-state index in [9.17, 15) is 28.8 Å². The molecule has 0 aliphatic carbocycles. The minimum atomic E-state index is -1.47. The molecule has 0 fully saturated rings. The summed E-state index contributed by atoms with van der Waals surface area (Å²) in [7, 11) is 2.50. The van der Waals surface area contributed by atoms with E-state index in [1.807, 2.05) is 0 Å². The Kier molecular flexibility index (Phi) is 14.8. The van der Waals surface area contributed by atoms with Crippen molar-refractivity contribution in [2.45, 2.75) is 63.8 Å². The first-order chi connectivity index (χ1) is 16.5. The first-order valence-corrected chi connectivity index (χ1v) is 10.3. The number of methoxy groups -OCH3 is 2. The Morgan fingerprint density at radius 2 is 1.09 bits per heavy atom. The molecule has 35 heavy (non-hydrogen) atoms. The Labute approximate surface area is 200 Å². The molecule has 2 amide bonds. The molecule has 0 saturated carbocycles. The number of Topliss-reactive ketones (excluding diaryl/α,β-unsaturated/α-hetero) is 2. The molecule has 0 heterocycles. The zero-order chi connectivity index (χ0) is 27.0. The number of carbonyl (C=O) groups is 6. The van der Waals surface area contributed by atoms with Crippen molar-refractivity contribution in [3.05, 3.63) is 11.1 Å². The summed E-state index contributed by atoms with van der Waals surface area (Å²) in [5, 5.41) is 4.58. The lowest BCUT2D eigenvalue weighted by molar-refractivity contribution is -0.164. The van der Waals surface area contributed by atoms with Gasteiger partial charge in [-0.1, -0.05) is 0 Å². The van der Waals surface area contributed by atoms with Crippen molar-refractivity contribution < 1.29 is 52.6 Å². The van der Waals surface area contributed by atoms with Gasteiger partial charge in [-0.05, 0) is 26.7 Å². The van der Waals surface area contributed by atoms with Crippen LogP contribution in [0.1, 0.15) is 39.5 Å². The van der Waals surface area contributed by atoms with E-state index in [1.54, 1.807) is 0 Å². The van der Waals surface area contributed by atoms with Gasteiger partial charge in [-0.25, -0.2) is 9.59 Å². The summed E-state index contributed by atoms with van der Waals surface area (Å²) in [4.78, 5) is 77.9. The topological polar surface area (TPSA) is 227 Å². The van der Waals surface area contributed by atoms with Gasteiger partial charge in [-0.15, -0.1) is 0 Å². The maximum atomic E-state index is 12.6. The van der Waals surface area contributed by atoms with Crippen LogP contribution in [0.4, 0.5) is 0 Å². The largest absolute Gasteiger partial charge is 0.390 e. The van der Waals surface area contributed by atoms with Crippen LogP contribution in [0.2, 0.25) is 0 Å². The van der Waals surface area contributed by atoms with E-state index in [1.165, 1.54) is 28.1 Å². The summed E-state index contributed by atoms with van der Waals surface area (Å²) in [5.41, 5.74) is 16.9. The van der Waals surface area contributed by atoms with Crippen molar-refractivity contribution in [1.29, 1.82) is 0 Å². The molecule has 4 unspecified atom stereocenters. The number of ketones is 2. The normalized spacial score (nSPS) is 13.5. The van der Waals surface area contributed by atoms with E-state index in [-0.39, 0.29) is 25.7 Å². The quantitative estimate of drug-likeness (QED) is 0.0822. The van der Waals surface area contributed by atoms with Gasteiger partial charge in [0.2, 0.25) is 23.4 Å². The summed E-state index contributed by atoms with van der Waals surface area (Å²) in [6, 6.07) is -2.95. The average molecular weight is 496 g/mol. The van der Waals surface area contributed by atoms with Crippen LogP contribution >= 0.6 is 0 Å². The summed E-state index contributed by atoms with van der Waals surface area (Å²) in [6.07, 6.45) is -2.08. The lowest BCUT2D eigenvalue weighted by Crippen LogP contribution is -2.50. The second-order valence-electron chi connectivity index (χ2n) is 7.12. The summed E-state index contributed by atoms with van der Waals surface area (Å²) in [5.74, 6) is -5.32. The lowest BCUT2D eigenvalue weighted by Gasteiger charge is -2.21. The van der Waals surface area contributed by atoms with Gasteiger partial charge < -0.3 is 35.9 Å². The number of amides is 2. The highest BCUT2D eigenvalue weighted by molar-refractivity contribution is 6.25. The molecule has 0 spiro atoms. The highest BCUT2D eigenvalue weighted by atomic mass is 16.6. The third kappa shape index (κ3) is 12.2. The van der Waals surface area contributed by atoms with Crippen molar-refractivity contribution >= 4 is 47.7 Å². The van der Waals surface area contributed by atoms with Crippen molar-refractivity contribution in [1.82, 2.24) is 10.6 Å². The molecule has 0 radical (unpaired) electrons. The Morgan fingerprint density at radius 3 is 1.37 bits per heavy atom. The van der Waals surface area contributed by atoms with Gasteiger partial charge in [0, 0.05) is 27.1 Å². The van der Waals surface area contributed by atoms with Crippen LogP contribution in [-0.4, -0.2) is 95.8 Å². The number of carbonyl (C=O) groups excluding carboxylic acids is 6. The SMILES string of the molecule is COC(C)C(=O)NC(CCC(=O)C=[N+]=[N-])C(=O)OC(=O)C(CCC(=O)C=[N+]=[N-])NC(=O)C(C)OC. The third-order valence-electron chi connectivity index (χ3n) is 4.61. The Hall–Kier alpha value is -3.90. The summed E-state index contributed by atoms with van der Waals surface area (Å²) < 4.78 is 14.5. The number of nitrogens with zero attached hydrogens (tertiary/aromatic N) is 4. The van der Waals surface area contributed by atoms with Crippen molar-refractivity contribution in [3.63, 3.8) is 0 Å². The zero-order valence-electron chi connectivity index (χ0n) is 19.8. The molecular weight excluding hydrogens is 468 g/mol. The highest BCUT2D eigenvalue weighted by Crippen LogP contribution is 2.07. The fraction of sp³-hybridized carbons (Fsp3) is 0.600. The number of hydrogen-bond donors (Lipinski definition) is 2. The number of ether oxygens (including phenoxy) is 3. The first kappa shape index (κ1) is 31.1. The van der Waals surface area contributed by atoms with Crippen molar-refractivity contribution in [2.75, 3.05) is 14.2 Å². The fourth-order valence-corrected chi connectivity index (χ4v) is 2.36. The second-order valence-corrected chi connectivity index (χ2v) is 7.12. The van der Waals surface area contributed by atoms with Gasteiger partial charge in [0.05, 0.1) is 0 Å². The first-order valence-electron chi connectivity index (χ1n) is 10.3. The summed E-state index contributed by atoms with van der Waals surface area (Å²) in [6.45, 7) is 2.78. The highest BCUT2D eigenvalue weighted by Gasteiger charge is 2.32. The molecule has 192 valence electrons. The van der Waals surface area contributed by atoms with Crippen LogP contribution < -0.4 is 10.6 Å². The summed E-state index contributed by atoms with van der Waals surface area (Å²) >= 11 is 0. The molecular formula is C20H28N6O9. The van der Waals surface area contributed by atoms with Gasteiger partial charge in [-0.2, -0.15) is 9.58 Å². The van der Waals surface area contributed by atoms with E-state index < -0.39 is 59.6 Å². The van der Waals surface area contributed by atoms with Gasteiger partial charge in [-0.3, -0.25) is 19.2 Å². The molecule has 0 aliphatic rings. The standard InChI is InChI=1S/C20H28N6O9/c1-11(33-3)17(29)25-15(7-5-13(27)9-23-21)19(31)35-20(32)16(8-6-14(28)10-24-22)26-18(30)12(2)34-4/h9-12,15-16H,5-8H2,1-4H3,(H,25,29)(H,26,30). The Bertz CT molecular complexity index is 837.